The van der Waals surface area contributed by atoms with E-state index in [2.05, 4.69) is 40.6 Å². The summed E-state index contributed by atoms with van der Waals surface area (Å²) in [5.74, 6) is -4.35. The van der Waals surface area contributed by atoms with Gasteiger partial charge in [-0.2, -0.15) is 23.3 Å². The Morgan fingerprint density at radius 3 is 2.41 bits per heavy atom. The van der Waals surface area contributed by atoms with Gasteiger partial charge in [-0.15, -0.1) is 0 Å². The minimum atomic E-state index is -5.33. The minimum absolute atomic E-state index is 0.0400. The Labute approximate surface area is 229 Å². The number of H-pyrrole nitrogens is 1. The Morgan fingerprint density at radius 1 is 1.05 bits per heavy atom. The Morgan fingerprint density at radius 2 is 1.76 bits per heavy atom. The standard InChI is InChI=1S/C25H22F3N7O6/c1-13-29-23(41-34-13)22(40-24(38)25(26,27)28)31-21(37)15-4-7-18-17(12-15)19(33-32-18)30-20(36)14-2-5-16(6-3-14)35-8-10-39-11-9-35/h2-7,12,22H,8-11H2,1H3,(H,31,37)(H2,30,32,33,36). The van der Waals surface area contributed by atoms with Gasteiger partial charge in [-0.25, -0.2) is 4.79 Å². The molecule has 1 aliphatic rings. The van der Waals surface area contributed by atoms with Gasteiger partial charge in [-0.1, -0.05) is 5.16 Å². The summed E-state index contributed by atoms with van der Waals surface area (Å²) < 4.78 is 52.9. The molecule has 3 N–H and O–H groups in total. The Kier molecular flexibility index (Phi) is 7.56. The molecule has 2 aromatic heterocycles. The van der Waals surface area contributed by atoms with Gasteiger partial charge < -0.3 is 29.5 Å². The van der Waals surface area contributed by atoms with Crippen molar-refractivity contribution in [1.82, 2.24) is 25.7 Å². The zero-order valence-corrected chi connectivity index (χ0v) is 21.3. The molecule has 1 aliphatic heterocycles. The number of hydrogen-bond acceptors (Lipinski definition) is 10. The number of aromatic amines is 1. The SMILES string of the molecule is Cc1noc(C(NC(=O)c2ccc3[nH]nc(NC(=O)c4ccc(N5CCOCC5)cc4)c3c2)OC(=O)C(F)(F)F)n1. The molecule has 5 rings (SSSR count). The van der Waals surface area contributed by atoms with Crippen LogP contribution in [0.15, 0.2) is 47.0 Å². The monoisotopic (exact) mass is 573 g/mol. The molecule has 0 bridgehead atoms. The van der Waals surface area contributed by atoms with Gasteiger partial charge in [-0.05, 0) is 49.4 Å². The molecule has 2 aromatic carbocycles. The zero-order chi connectivity index (χ0) is 29.1. The summed E-state index contributed by atoms with van der Waals surface area (Å²) in [6, 6.07) is 11.2. The molecule has 0 saturated carbocycles. The first-order valence-corrected chi connectivity index (χ1v) is 12.2. The highest BCUT2D eigenvalue weighted by Gasteiger charge is 2.43. The van der Waals surface area contributed by atoms with Gasteiger partial charge in [0.25, 0.3) is 23.9 Å². The molecule has 2 amide bonds. The second kappa shape index (κ2) is 11.2. The quantitative estimate of drug-likeness (QED) is 0.221. The number of alkyl halides is 3. The fourth-order valence-corrected chi connectivity index (χ4v) is 4.01. The molecular formula is C25H22F3N7O6. The highest BCUT2D eigenvalue weighted by Crippen LogP contribution is 2.25. The lowest BCUT2D eigenvalue weighted by Crippen LogP contribution is -2.36. The van der Waals surface area contributed by atoms with Gasteiger partial charge in [0.15, 0.2) is 11.6 Å². The van der Waals surface area contributed by atoms with Gasteiger partial charge in [-0.3, -0.25) is 14.7 Å². The van der Waals surface area contributed by atoms with Crippen molar-refractivity contribution in [3.05, 3.63) is 65.3 Å². The van der Waals surface area contributed by atoms with E-state index in [9.17, 15) is 27.6 Å². The first-order chi connectivity index (χ1) is 19.6. The third-order valence-electron chi connectivity index (χ3n) is 6.05. The Bertz CT molecular complexity index is 1580. The fourth-order valence-electron chi connectivity index (χ4n) is 4.01. The number of hydrogen-bond donors (Lipinski definition) is 3. The van der Waals surface area contributed by atoms with Crippen LogP contribution in [0.25, 0.3) is 10.9 Å². The summed E-state index contributed by atoms with van der Waals surface area (Å²) in [5.41, 5.74) is 1.75. The maximum absolute atomic E-state index is 12.9. The molecule has 1 fully saturated rings. The van der Waals surface area contributed by atoms with Gasteiger partial charge in [0.2, 0.25) is 0 Å². The van der Waals surface area contributed by atoms with Crippen molar-refractivity contribution in [3.8, 4) is 0 Å². The number of fused-ring (bicyclic) bond motifs is 1. The van der Waals surface area contributed by atoms with Crippen LogP contribution >= 0.6 is 0 Å². The third kappa shape index (κ3) is 6.27. The third-order valence-corrected chi connectivity index (χ3v) is 6.05. The number of anilines is 2. The van der Waals surface area contributed by atoms with E-state index >= 15 is 0 Å². The second-order valence-corrected chi connectivity index (χ2v) is 8.87. The van der Waals surface area contributed by atoms with Crippen LogP contribution in [0, 0.1) is 6.92 Å². The molecule has 16 heteroatoms. The van der Waals surface area contributed by atoms with Crippen LogP contribution in [0.5, 0.6) is 0 Å². The summed E-state index contributed by atoms with van der Waals surface area (Å²) in [4.78, 5) is 43.2. The highest BCUT2D eigenvalue weighted by atomic mass is 19.4. The van der Waals surface area contributed by atoms with E-state index < -0.39 is 36.1 Å². The van der Waals surface area contributed by atoms with Crippen molar-refractivity contribution >= 4 is 40.2 Å². The van der Waals surface area contributed by atoms with Gasteiger partial charge in [0, 0.05) is 35.3 Å². The van der Waals surface area contributed by atoms with Crippen molar-refractivity contribution in [2.45, 2.75) is 19.3 Å². The topological polar surface area (TPSA) is 165 Å². The average Bonchev–Trinajstić information content (AvgIpc) is 3.58. The van der Waals surface area contributed by atoms with Gasteiger partial charge >= 0.3 is 12.1 Å². The number of esters is 1. The number of halogens is 3. The molecule has 1 saturated heterocycles. The number of nitrogens with zero attached hydrogens (tertiary/aromatic N) is 4. The summed E-state index contributed by atoms with van der Waals surface area (Å²) in [7, 11) is 0. The van der Waals surface area contributed by atoms with Crippen molar-refractivity contribution in [2.75, 3.05) is 36.5 Å². The molecular weight excluding hydrogens is 551 g/mol. The van der Waals surface area contributed by atoms with Crippen LogP contribution in [0.3, 0.4) is 0 Å². The molecule has 13 nitrogen and oxygen atoms in total. The molecule has 1 unspecified atom stereocenters. The van der Waals surface area contributed by atoms with E-state index in [4.69, 9.17) is 9.26 Å². The number of morpholine rings is 1. The average molecular weight is 573 g/mol. The zero-order valence-electron chi connectivity index (χ0n) is 21.3. The molecule has 1 atom stereocenters. The van der Waals surface area contributed by atoms with E-state index in [1.54, 1.807) is 12.1 Å². The Hall–Kier alpha value is -4.99. The fraction of sp³-hybridized carbons (Fsp3) is 0.280. The van der Waals surface area contributed by atoms with E-state index in [0.717, 1.165) is 18.8 Å². The molecule has 214 valence electrons. The van der Waals surface area contributed by atoms with E-state index in [-0.39, 0.29) is 17.2 Å². The number of nitrogens with one attached hydrogen (secondary N) is 3. The maximum atomic E-state index is 12.9. The van der Waals surface area contributed by atoms with Crippen LogP contribution in [0.2, 0.25) is 0 Å². The van der Waals surface area contributed by atoms with Crippen LogP contribution < -0.4 is 15.5 Å². The van der Waals surface area contributed by atoms with Crippen molar-refractivity contribution in [1.29, 1.82) is 0 Å². The number of ether oxygens (including phenoxy) is 2. The smallest absolute Gasteiger partial charge is 0.425 e. The summed E-state index contributed by atoms with van der Waals surface area (Å²) >= 11 is 0. The molecule has 0 radical (unpaired) electrons. The summed E-state index contributed by atoms with van der Waals surface area (Å²) in [5, 5.41) is 15.4. The van der Waals surface area contributed by atoms with Gasteiger partial charge in [0.1, 0.15) is 0 Å². The number of carbonyl (C=O) groups excluding carboxylic acids is 3. The van der Waals surface area contributed by atoms with Crippen LogP contribution in [-0.4, -0.2) is 70.6 Å². The number of amides is 2. The lowest BCUT2D eigenvalue weighted by atomic mass is 10.1. The number of aromatic nitrogens is 4. The first kappa shape index (κ1) is 27.6. The minimum Gasteiger partial charge on any atom is -0.425 e. The molecule has 41 heavy (non-hydrogen) atoms. The lowest BCUT2D eigenvalue weighted by Gasteiger charge is -2.28. The molecule has 0 aliphatic carbocycles. The van der Waals surface area contributed by atoms with Crippen molar-refractivity contribution in [3.63, 3.8) is 0 Å². The number of aryl methyl sites for hydroxylation is 1. The van der Waals surface area contributed by atoms with Gasteiger partial charge in [0.05, 0.1) is 18.7 Å². The number of rotatable bonds is 7. The van der Waals surface area contributed by atoms with Crippen molar-refractivity contribution in [2.24, 2.45) is 0 Å². The van der Waals surface area contributed by atoms with Crippen molar-refractivity contribution < 1.29 is 41.6 Å². The largest absolute Gasteiger partial charge is 0.491 e. The predicted molar refractivity (Wildman–Crippen MR) is 135 cm³/mol. The number of benzene rings is 2. The summed E-state index contributed by atoms with van der Waals surface area (Å²) in [6.07, 6.45) is -7.35. The summed E-state index contributed by atoms with van der Waals surface area (Å²) in [6.45, 7) is 4.15. The van der Waals surface area contributed by atoms with E-state index in [1.807, 2.05) is 12.1 Å². The lowest BCUT2D eigenvalue weighted by molar-refractivity contribution is -0.207. The normalized spacial score (nSPS) is 14.5. The molecule has 3 heterocycles. The van der Waals surface area contributed by atoms with E-state index in [0.29, 0.717) is 29.7 Å². The molecule has 0 spiro atoms. The number of carbonyl (C=O) groups is 3. The second-order valence-electron chi connectivity index (χ2n) is 8.87. The highest BCUT2D eigenvalue weighted by molar-refractivity contribution is 6.09. The van der Waals surface area contributed by atoms with Crippen LogP contribution in [0.1, 0.15) is 38.7 Å². The first-order valence-electron chi connectivity index (χ1n) is 12.2. The molecule has 4 aromatic rings. The maximum Gasteiger partial charge on any atom is 0.491 e. The van der Waals surface area contributed by atoms with Crippen LogP contribution in [0.4, 0.5) is 24.7 Å². The van der Waals surface area contributed by atoms with E-state index in [1.165, 1.54) is 25.1 Å². The Balaban J connectivity index is 1.32. The predicted octanol–water partition coefficient (Wildman–Crippen LogP) is 2.88. The van der Waals surface area contributed by atoms with Crippen LogP contribution in [-0.2, 0) is 14.3 Å².